The molecule has 3 heteroatoms. The Kier molecular flexibility index (Phi) is 5.57. The van der Waals surface area contributed by atoms with Gasteiger partial charge in [-0.2, -0.15) is 0 Å². The summed E-state index contributed by atoms with van der Waals surface area (Å²) >= 11 is 5.77. The minimum absolute atomic E-state index is 0.421. The Bertz CT molecular complexity index is 1260. The molecule has 3 fully saturated rings. The van der Waals surface area contributed by atoms with Crippen LogP contribution in [0.25, 0.3) is 21.4 Å². The Morgan fingerprint density at radius 3 is 2.49 bits per heavy atom. The van der Waals surface area contributed by atoms with Gasteiger partial charge in [-0.25, -0.2) is 0 Å². The lowest BCUT2D eigenvalue weighted by molar-refractivity contribution is -0.0793. The first kappa shape index (κ1) is 22.8. The summed E-state index contributed by atoms with van der Waals surface area (Å²) in [6.07, 6.45) is 16.4. The van der Waals surface area contributed by atoms with Gasteiger partial charge in [0.15, 0.2) is 0 Å². The molecular weight excluding hydrogens is 481 g/mol. The Morgan fingerprint density at radius 2 is 1.69 bits per heavy atom. The van der Waals surface area contributed by atoms with Crippen LogP contribution in [0.1, 0.15) is 75.0 Å². The van der Waals surface area contributed by atoms with E-state index in [1.165, 1.54) is 70.9 Å². The Labute approximate surface area is 222 Å². The summed E-state index contributed by atoms with van der Waals surface area (Å²) in [5.74, 6) is 3.63. The van der Waals surface area contributed by atoms with Crippen LogP contribution in [0, 0.1) is 34.5 Å². The Balaban J connectivity index is 1.14. The molecule has 0 nitrogen and oxygen atoms in total. The van der Waals surface area contributed by atoms with Gasteiger partial charge in [-0.3, -0.25) is 0 Å². The molecule has 3 saturated carbocycles. The van der Waals surface area contributed by atoms with Gasteiger partial charge in [0.05, 0.1) is 0 Å². The molecule has 0 radical (unpaired) electrons. The van der Waals surface area contributed by atoms with Crippen LogP contribution >= 0.6 is 34.0 Å². The highest BCUT2D eigenvalue weighted by Crippen LogP contribution is 2.67. The third kappa shape index (κ3) is 3.63. The number of allylic oxidation sites excluding steroid dienone is 3. The molecule has 0 amide bonds. The first-order chi connectivity index (χ1) is 17.0. The average molecular weight is 517 g/mol. The van der Waals surface area contributed by atoms with Crippen LogP contribution in [0.4, 0.5) is 0 Å². The van der Waals surface area contributed by atoms with Gasteiger partial charge in [0.2, 0.25) is 0 Å². The van der Waals surface area contributed by atoms with Crippen molar-refractivity contribution < 1.29 is 0 Å². The van der Waals surface area contributed by atoms with Crippen LogP contribution < -0.4 is 0 Å². The van der Waals surface area contributed by atoms with Crippen LogP contribution in [0.5, 0.6) is 0 Å². The highest BCUT2D eigenvalue weighted by Gasteiger charge is 2.58. The van der Waals surface area contributed by atoms with E-state index in [4.69, 9.17) is 0 Å². The predicted molar refractivity (Wildman–Crippen MR) is 155 cm³/mol. The van der Waals surface area contributed by atoms with E-state index in [2.05, 4.69) is 73.2 Å². The van der Waals surface area contributed by atoms with Gasteiger partial charge in [0, 0.05) is 19.5 Å². The van der Waals surface area contributed by atoms with Gasteiger partial charge < -0.3 is 0 Å². The maximum atomic E-state index is 2.68. The largest absolute Gasteiger partial charge is 0.144 e. The lowest BCUT2D eigenvalue weighted by Gasteiger charge is -2.59. The molecule has 3 heterocycles. The van der Waals surface area contributed by atoms with Gasteiger partial charge in [0.25, 0.3) is 0 Å². The highest BCUT2D eigenvalue weighted by molar-refractivity contribution is 7.21. The molecule has 0 bridgehead atoms. The summed E-state index contributed by atoms with van der Waals surface area (Å²) in [7, 11) is 0. The summed E-state index contributed by atoms with van der Waals surface area (Å²) in [6.45, 7) is 5.33. The molecule has 7 rings (SSSR count). The van der Waals surface area contributed by atoms with Gasteiger partial charge in [-0.05, 0) is 133 Å². The quantitative estimate of drug-likeness (QED) is 0.325. The van der Waals surface area contributed by atoms with Crippen molar-refractivity contribution in [2.45, 2.75) is 65.2 Å². The highest BCUT2D eigenvalue weighted by atomic mass is 32.1. The van der Waals surface area contributed by atoms with Crippen molar-refractivity contribution in [3.63, 3.8) is 0 Å². The van der Waals surface area contributed by atoms with Crippen molar-refractivity contribution in [2.24, 2.45) is 34.5 Å². The SMILES string of the molecule is C[C@]12CC=C(c3cccs3)C[C@@H]1CC[C@@H]1[C@@H]2CC[C@]2(C)/C(=C\c3ccc(-c4cccs4)s3)CC[C@@H]12. The fraction of sp³-hybridized carbons (Fsp3) is 0.500. The zero-order chi connectivity index (χ0) is 23.6. The molecule has 0 aromatic carbocycles. The third-order valence-corrected chi connectivity index (χ3v) is 13.8. The van der Waals surface area contributed by atoms with E-state index in [-0.39, 0.29) is 0 Å². The van der Waals surface area contributed by atoms with Gasteiger partial charge in [-0.1, -0.05) is 37.6 Å². The fourth-order valence-corrected chi connectivity index (χ4v) is 11.4. The van der Waals surface area contributed by atoms with Crippen molar-refractivity contribution in [1.29, 1.82) is 0 Å². The van der Waals surface area contributed by atoms with Gasteiger partial charge in [-0.15, -0.1) is 34.0 Å². The van der Waals surface area contributed by atoms with E-state index in [0.717, 1.165) is 23.7 Å². The average Bonchev–Trinajstić information content (AvgIpc) is 3.66. The third-order valence-electron chi connectivity index (χ3n) is 10.7. The lowest BCUT2D eigenvalue weighted by Crippen LogP contribution is -2.51. The molecule has 0 spiro atoms. The van der Waals surface area contributed by atoms with Gasteiger partial charge in [0.1, 0.15) is 0 Å². The minimum Gasteiger partial charge on any atom is -0.144 e. The molecule has 182 valence electrons. The molecule has 0 unspecified atom stereocenters. The number of rotatable bonds is 3. The van der Waals surface area contributed by atoms with Crippen LogP contribution in [-0.2, 0) is 0 Å². The van der Waals surface area contributed by atoms with E-state index in [1.54, 1.807) is 11.1 Å². The molecule has 3 aromatic rings. The predicted octanol–water partition coefficient (Wildman–Crippen LogP) is 10.7. The molecule has 6 atom stereocenters. The Hall–Kier alpha value is -1.42. The van der Waals surface area contributed by atoms with Crippen molar-refractivity contribution in [1.82, 2.24) is 0 Å². The van der Waals surface area contributed by atoms with E-state index in [0.29, 0.717) is 10.8 Å². The molecule has 0 aliphatic heterocycles. The van der Waals surface area contributed by atoms with E-state index >= 15 is 0 Å². The second-order valence-electron chi connectivity index (χ2n) is 12.1. The summed E-state index contributed by atoms with van der Waals surface area (Å²) in [5.41, 5.74) is 4.34. The zero-order valence-corrected chi connectivity index (χ0v) is 23.4. The molecular formula is C32H36S3. The number of fused-ring (bicyclic) bond motifs is 5. The summed E-state index contributed by atoms with van der Waals surface area (Å²) in [4.78, 5) is 5.81. The van der Waals surface area contributed by atoms with E-state index < -0.39 is 0 Å². The first-order valence-electron chi connectivity index (χ1n) is 13.6. The van der Waals surface area contributed by atoms with Gasteiger partial charge >= 0.3 is 0 Å². The fourth-order valence-electron chi connectivity index (χ4n) is 8.78. The standard InChI is InChI=1S/C32H36S3/c1-31-15-13-21(28-5-3-17-33-28)19-22(31)7-10-25-26-11-8-23(32(26,2)16-14-27(25)31)20-24-9-12-30(35-24)29-6-4-18-34-29/h3-6,9,12-13,17-18,20,22,25-27H,7-8,10-11,14-16,19H2,1-2H3/b23-20-/t22-,25-,26-,27-,31-,32+/m0/s1. The van der Waals surface area contributed by atoms with E-state index in [9.17, 15) is 0 Å². The van der Waals surface area contributed by atoms with Crippen LogP contribution in [0.15, 0.2) is 58.8 Å². The number of hydrogen-bond donors (Lipinski definition) is 0. The lowest BCUT2D eigenvalue weighted by atomic mass is 9.45. The Morgan fingerprint density at radius 1 is 0.857 bits per heavy atom. The number of thiophene rings is 3. The normalized spacial score (nSPS) is 37.5. The topological polar surface area (TPSA) is 0 Å². The van der Waals surface area contributed by atoms with Crippen molar-refractivity contribution in [2.75, 3.05) is 0 Å². The minimum atomic E-state index is 0.421. The van der Waals surface area contributed by atoms with Crippen LogP contribution in [0.2, 0.25) is 0 Å². The molecule has 35 heavy (non-hydrogen) atoms. The number of hydrogen-bond acceptors (Lipinski definition) is 3. The van der Waals surface area contributed by atoms with Crippen LogP contribution in [-0.4, -0.2) is 0 Å². The van der Waals surface area contributed by atoms with Crippen molar-refractivity contribution in [3.8, 4) is 9.75 Å². The van der Waals surface area contributed by atoms with Crippen LogP contribution in [0.3, 0.4) is 0 Å². The molecule has 0 saturated heterocycles. The van der Waals surface area contributed by atoms with Crippen molar-refractivity contribution >= 4 is 45.7 Å². The smallest absolute Gasteiger partial charge is 0.0448 e. The summed E-state index contributed by atoms with van der Waals surface area (Å²) in [6, 6.07) is 13.7. The second-order valence-corrected chi connectivity index (χ2v) is 15.1. The summed E-state index contributed by atoms with van der Waals surface area (Å²) in [5, 5.41) is 4.43. The monoisotopic (exact) mass is 516 g/mol. The molecule has 4 aliphatic carbocycles. The molecule has 3 aromatic heterocycles. The van der Waals surface area contributed by atoms with Crippen molar-refractivity contribution in [3.05, 3.63) is 68.6 Å². The molecule has 4 aliphatic rings. The maximum absolute atomic E-state index is 2.68. The van der Waals surface area contributed by atoms with E-state index in [1.807, 2.05) is 34.0 Å². The summed E-state index contributed by atoms with van der Waals surface area (Å²) < 4.78 is 0. The second kappa shape index (κ2) is 8.57. The zero-order valence-electron chi connectivity index (χ0n) is 21.0. The maximum Gasteiger partial charge on any atom is 0.0448 e. The first-order valence-corrected chi connectivity index (χ1v) is 16.2. The molecule has 0 N–H and O–H groups in total.